The van der Waals surface area contributed by atoms with Crippen LogP contribution in [0, 0.1) is 18.3 Å². The third-order valence-electron chi connectivity index (χ3n) is 3.31. The quantitative estimate of drug-likeness (QED) is 0.450. The van der Waals surface area contributed by atoms with Crippen LogP contribution in [0.15, 0.2) is 34.5 Å². The first-order valence-electron chi connectivity index (χ1n) is 7.57. The van der Waals surface area contributed by atoms with Crippen LogP contribution in [0.1, 0.15) is 27.9 Å². The molecular weight excluding hydrogens is 340 g/mol. The second kappa shape index (κ2) is 8.80. The normalized spacial score (nSPS) is 11.5. The van der Waals surface area contributed by atoms with Crippen molar-refractivity contribution in [3.05, 3.63) is 45.2 Å². The molecular formula is C17H18N4O3S. The molecule has 0 unspecified atom stereocenters. The molecule has 7 nitrogen and oxygen atoms in total. The van der Waals surface area contributed by atoms with E-state index in [0.717, 1.165) is 11.3 Å². The van der Waals surface area contributed by atoms with E-state index < -0.39 is 0 Å². The summed E-state index contributed by atoms with van der Waals surface area (Å²) in [6.07, 6.45) is 1.60. The van der Waals surface area contributed by atoms with E-state index in [-0.39, 0.29) is 12.6 Å². The molecule has 2 rings (SSSR count). The van der Waals surface area contributed by atoms with Gasteiger partial charge in [-0.05, 0) is 43.7 Å². The minimum Gasteiger partial charge on any atom is -0.479 e. The van der Waals surface area contributed by atoms with Gasteiger partial charge in [-0.15, -0.1) is 5.10 Å². The molecule has 8 heteroatoms. The topological polar surface area (TPSA) is 89.0 Å². The lowest BCUT2D eigenvalue weighted by molar-refractivity contribution is 0.0530. The molecule has 0 bridgehead atoms. The molecule has 0 amide bonds. The Morgan fingerprint density at radius 1 is 1.40 bits per heavy atom. The molecule has 1 heterocycles. The number of nitrogens with zero attached hydrogens (tertiary/aromatic N) is 4. The Bertz CT molecular complexity index is 873. The summed E-state index contributed by atoms with van der Waals surface area (Å²) >= 11 is 1.24. The Hall–Kier alpha value is -2.92. The highest BCUT2D eigenvalue weighted by molar-refractivity contribution is 7.11. The predicted molar refractivity (Wildman–Crippen MR) is 94.7 cm³/mol. The van der Waals surface area contributed by atoms with Crippen molar-refractivity contribution < 1.29 is 14.3 Å². The number of thiazole rings is 1. The highest BCUT2D eigenvalue weighted by Crippen LogP contribution is 2.13. The molecule has 0 aliphatic rings. The highest BCUT2D eigenvalue weighted by atomic mass is 32.1. The van der Waals surface area contributed by atoms with E-state index in [1.165, 1.54) is 11.3 Å². The van der Waals surface area contributed by atoms with Crippen LogP contribution in [0.5, 0.6) is 5.75 Å². The van der Waals surface area contributed by atoms with Crippen molar-refractivity contribution in [2.75, 3.05) is 13.2 Å². The molecule has 0 atom stereocenters. The molecule has 1 aromatic carbocycles. The fraction of sp³-hybridized carbons (Fsp3) is 0.294. The summed E-state index contributed by atoms with van der Waals surface area (Å²) in [7, 11) is 1.82. The molecule has 0 radical (unpaired) electrons. The number of hydrogen-bond donors (Lipinski definition) is 0. The maximum atomic E-state index is 11.9. The molecule has 0 spiro atoms. The van der Waals surface area contributed by atoms with Crippen LogP contribution >= 0.6 is 11.3 Å². The van der Waals surface area contributed by atoms with Gasteiger partial charge in [0.2, 0.25) is 4.80 Å². The van der Waals surface area contributed by atoms with Crippen molar-refractivity contribution in [3.8, 4) is 11.8 Å². The van der Waals surface area contributed by atoms with Crippen molar-refractivity contribution in [2.24, 2.45) is 17.3 Å². The van der Waals surface area contributed by atoms with E-state index in [4.69, 9.17) is 14.7 Å². The second-order valence-corrected chi connectivity index (χ2v) is 5.92. The lowest BCUT2D eigenvalue weighted by Crippen LogP contribution is -2.11. The monoisotopic (exact) mass is 358 g/mol. The number of aromatic nitrogens is 1. The predicted octanol–water partition coefficient (Wildman–Crippen LogP) is 2.41. The standard InChI is InChI=1S/C17H18N4O3S/c1-4-23-16(22)15-12(2)21(3)17(25-15)20-19-11-13-5-7-14(8-6-13)24-10-9-18/h5-8,11H,4,10H2,1-3H3/b19-11+,20-17+. The molecule has 1 aromatic heterocycles. The summed E-state index contributed by atoms with van der Waals surface area (Å²) in [5, 5.41) is 16.7. The van der Waals surface area contributed by atoms with Gasteiger partial charge in [-0.2, -0.15) is 10.4 Å². The second-order valence-electron chi connectivity index (χ2n) is 4.94. The molecule has 0 aliphatic heterocycles. The number of benzene rings is 1. The van der Waals surface area contributed by atoms with Crippen LogP contribution in [0.3, 0.4) is 0 Å². The molecule has 0 saturated carbocycles. The zero-order valence-electron chi connectivity index (χ0n) is 14.2. The summed E-state index contributed by atoms with van der Waals surface area (Å²) in [4.78, 5) is 13.0. The first-order chi connectivity index (χ1) is 12.1. The highest BCUT2D eigenvalue weighted by Gasteiger charge is 2.15. The van der Waals surface area contributed by atoms with E-state index in [9.17, 15) is 4.79 Å². The fourth-order valence-corrected chi connectivity index (χ4v) is 2.88. The summed E-state index contributed by atoms with van der Waals surface area (Å²) in [5.74, 6) is 0.272. The van der Waals surface area contributed by atoms with Crippen LogP contribution in [0.2, 0.25) is 0 Å². The lowest BCUT2D eigenvalue weighted by atomic mass is 10.2. The van der Waals surface area contributed by atoms with Gasteiger partial charge < -0.3 is 14.0 Å². The average molecular weight is 358 g/mol. The first kappa shape index (κ1) is 18.4. The van der Waals surface area contributed by atoms with Gasteiger partial charge in [0.1, 0.15) is 16.7 Å². The van der Waals surface area contributed by atoms with Gasteiger partial charge in [-0.1, -0.05) is 11.3 Å². The average Bonchev–Trinajstić information content (AvgIpc) is 2.90. The number of esters is 1. The van der Waals surface area contributed by atoms with E-state index in [2.05, 4.69) is 10.2 Å². The minimum absolute atomic E-state index is 0.0137. The Balaban J connectivity index is 2.16. The minimum atomic E-state index is -0.348. The number of carbonyl (C=O) groups is 1. The fourth-order valence-electron chi connectivity index (χ4n) is 1.91. The largest absolute Gasteiger partial charge is 0.479 e. The Morgan fingerprint density at radius 3 is 2.76 bits per heavy atom. The van der Waals surface area contributed by atoms with Crippen molar-refractivity contribution in [3.63, 3.8) is 0 Å². The van der Waals surface area contributed by atoms with Gasteiger partial charge >= 0.3 is 5.97 Å². The molecule has 0 N–H and O–H groups in total. The molecule has 2 aromatic rings. The smallest absolute Gasteiger partial charge is 0.350 e. The van der Waals surface area contributed by atoms with Crippen molar-refractivity contribution >= 4 is 23.5 Å². The van der Waals surface area contributed by atoms with E-state index in [1.54, 1.807) is 29.8 Å². The summed E-state index contributed by atoms with van der Waals surface area (Å²) in [6, 6.07) is 9.06. The lowest BCUT2D eigenvalue weighted by Gasteiger charge is -2.00. The maximum absolute atomic E-state index is 11.9. The Morgan fingerprint density at radius 2 is 2.12 bits per heavy atom. The van der Waals surface area contributed by atoms with Crippen LogP contribution < -0.4 is 9.54 Å². The summed E-state index contributed by atoms with van der Waals surface area (Å²) in [6.45, 7) is 3.96. The maximum Gasteiger partial charge on any atom is 0.350 e. The van der Waals surface area contributed by atoms with E-state index in [0.29, 0.717) is 22.0 Å². The molecule has 25 heavy (non-hydrogen) atoms. The molecule has 130 valence electrons. The van der Waals surface area contributed by atoms with Crippen LogP contribution in [-0.4, -0.2) is 30.0 Å². The first-order valence-corrected chi connectivity index (χ1v) is 8.39. The molecule has 0 saturated heterocycles. The van der Waals surface area contributed by atoms with Gasteiger partial charge in [-0.3, -0.25) is 0 Å². The van der Waals surface area contributed by atoms with Gasteiger partial charge in [0, 0.05) is 12.7 Å². The van der Waals surface area contributed by atoms with Crippen molar-refractivity contribution in [1.82, 2.24) is 4.57 Å². The van der Waals surface area contributed by atoms with Crippen molar-refractivity contribution in [2.45, 2.75) is 13.8 Å². The summed E-state index contributed by atoms with van der Waals surface area (Å²) in [5.41, 5.74) is 1.63. The zero-order valence-corrected chi connectivity index (χ0v) is 15.0. The van der Waals surface area contributed by atoms with E-state index >= 15 is 0 Å². The third kappa shape index (κ3) is 4.78. The molecule has 0 fully saturated rings. The van der Waals surface area contributed by atoms with E-state index in [1.807, 2.05) is 32.2 Å². The zero-order chi connectivity index (χ0) is 18.2. The Kier molecular flexibility index (Phi) is 6.48. The Labute approximate surface area is 149 Å². The van der Waals surface area contributed by atoms with Crippen LogP contribution in [-0.2, 0) is 11.8 Å². The number of ether oxygens (including phenoxy) is 2. The van der Waals surface area contributed by atoms with Crippen LogP contribution in [0.25, 0.3) is 0 Å². The van der Waals surface area contributed by atoms with Gasteiger partial charge in [0.25, 0.3) is 0 Å². The number of nitriles is 1. The third-order valence-corrected chi connectivity index (χ3v) is 4.51. The van der Waals surface area contributed by atoms with Crippen molar-refractivity contribution in [1.29, 1.82) is 5.26 Å². The SMILES string of the molecule is CCOC(=O)c1s/c(=N/N=C/c2ccc(OCC#N)cc2)n(C)c1C. The number of hydrogen-bond acceptors (Lipinski definition) is 7. The summed E-state index contributed by atoms with van der Waals surface area (Å²) < 4.78 is 12.0. The van der Waals surface area contributed by atoms with Crippen LogP contribution in [0.4, 0.5) is 0 Å². The van der Waals surface area contributed by atoms with Gasteiger partial charge in [0.05, 0.1) is 12.8 Å². The number of rotatable bonds is 6. The molecule has 0 aliphatic carbocycles. The number of carbonyl (C=O) groups excluding carboxylic acids is 1. The van der Waals surface area contributed by atoms with Gasteiger partial charge in [-0.25, -0.2) is 4.79 Å². The van der Waals surface area contributed by atoms with Gasteiger partial charge in [0.15, 0.2) is 6.61 Å².